The molecule has 0 aliphatic heterocycles. The van der Waals surface area contributed by atoms with Crippen LogP contribution in [0.1, 0.15) is 31.2 Å². The van der Waals surface area contributed by atoms with Crippen LogP contribution in [0.25, 0.3) is 0 Å². The molecule has 72 valence electrons. The summed E-state index contributed by atoms with van der Waals surface area (Å²) in [6.07, 6.45) is 0.616. The van der Waals surface area contributed by atoms with Gasteiger partial charge in [-0.25, -0.2) is 0 Å². The molecule has 4 nitrogen and oxygen atoms in total. The van der Waals surface area contributed by atoms with Crippen molar-refractivity contribution in [2.24, 2.45) is 5.92 Å². The van der Waals surface area contributed by atoms with Crippen molar-refractivity contribution in [3.63, 3.8) is 0 Å². The van der Waals surface area contributed by atoms with Gasteiger partial charge in [0, 0.05) is 0 Å². The maximum atomic E-state index is 10.9. The smallest absolute Gasteiger partial charge is 0.313 e. The fourth-order valence-electron chi connectivity index (χ4n) is 1.11. The fraction of sp³-hybridized carbons (Fsp3) is 0.625. The molecule has 1 unspecified atom stereocenters. The van der Waals surface area contributed by atoms with Crippen LogP contribution < -0.4 is 0 Å². The van der Waals surface area contributed by atoms with Crippen molar-refractivity contribution in [3.05, 3.63) is 10.5 Å². The zero-order chi connectivity index (χ0) is 9.84. The summed E-state index contributed by atoms with van der Waals surface area (Å²) in [4.78, 5) is 10.9. The molecule has 13 heavy (non-hydrogen) atoms. The lowest BCUT2D eigenvalue weighted by Crippen LogP contribution is -2.13. The second-order valence-electron chi connectivity index (χ2n) is 3.30. The van der Waals surface area contributed by atoms with Gasteiger partial charge >= 0.3 is 5.97 Å². The van der Waals surface area contributed by atoms with Gasteiger partial charge in [-0.2, -0.15) is 0 Å². The number of carboxylic acids is 1. The molecule has 1 N–H and O–H groups in total. The number of hydrogen-bond acceptors (Lipinski definition) is 4. The molecule has 0 saturated heterocycles. The molecule has 1 aromatic heterocycles. The van der Waals surface area contributed by atoms with E-state index in [0.717, 1.165) is 0 Å². The monoisotopic (exact) mass is 200 g/mol. The van der Waals surface area contributed by atoms with Crippen LogP contribution >= 0.6 is 11.3 Å². The first-order valence-electron chi connectivity index (χ1n) is 4.10. The van der Waals surface area contributed by atoms with Gasteiger partial charge in [0.2, 0.25) is 0 Å². The Bertz CT molecular complexity index is 272. The molecular weight excluding hydrogens is 188 g/mol. The van der Waals surface area contributed by atoms with Crippen molar-refractivity contribution in [2.45, 2.75) is 26.2 Å². The lowest BCUT2D eigenvalue weighted by atomic mass is 9.98. The third-order valence-corrected chi connectivity index (χ3v) is 2.49. The van der Waals surface area contributed by atoms with E-state index in [2.05, 4.69) is 10.2 Å². The predicted molar refractivity (Wildman–Crippen MR) is 49.7 cm³/mol. The minimum Gasteiger partial charge on any atom is -0.481 e. The number of aromatic nitrogens is 2. The van der Waals surface area contributed by atoms with Crippen molar-refractivity contribution in [2.75, 3.05) is 0 Å². The first-order chi connectivity index (χ1) is 6.11. The topological polar surface area (TPSA) is 63.1 Å². The molecule has 1 aromatic rings. The van der Waals surface area contributed by atoms with Gasteiger partial charge in [0.25, 0.3) is 0 Å². The Morgan fingerprint density at radius 3 is 2.77 bits per heavy atom. The number of carbonyl (C=O) groups is 1. The van der Waals surface area contributed by atoms with E-state index in [4.69, 9.17) is 5.11 Å². The van der Waals surface area contributed by atoms with E-state index >= 15 is 0 Å². The quantitative estimate of drug-likeness (QED) is 0.804. The van der Waals surface area contributed by atoms with E-state index in [9.17, 15) is 4.79 Å². The van der Waals surface area contributed by atoms with Crippen molar-refractivity contribution in [1.29, 1.82) is 0 Å². The summed E-state index contributed by atoms with van der Waals surface area (Å²) in [5.41, 5.74) is 1.56. The van der Waals surface area contributed by atoms with Crippen molar-refractivity contribution in [1.82, 2.24) is 10.2 Å². The highest BCUT2D eigenvalue weighted by Gasteiger charge is 2.23. The second kappa shape index (κ2) is 4.32. The number of hydrogen-bond donors (Lipinski definition) is 1. The third-order valence-electron chi connectivity index (χ3n) is 1.68. The van der Waals surface area contributed by atoms with Crippen molar-refractivity contribution >= 4 is 17.3 Å². The normalized spacial score (nSPS) is 13.2. The highest BCUT2D eigenvalue weighted by molar-refractivity contribution is 7.09. The molecule has 0 fully saturated rings. The fourth-order valence-corrected chi connectivity index (χ4v) is 1.77. The molecule has 0 radical (unpaired) electrons. The van der Waals surface area contributed by atoms with E-state index in [1.165, 1.54) is 11.3 Å². The zero-order valence-corrected chi connectivity index (χ0v) is 8.41. The molecule has 5 heteroatoms. The van der Waals surface area contributed by atoms with Crippen LogP contribution in [0.3, 0.4) is 0 Å². The Kier molecular flexibility index (Phi) is 3.36. The average molecular weight is 200 g/mol. The van der Waals surface area contributed by atoms with Crippen LogP contribution in [0.15, 0.2) is 5.51 Å². The van der Waals surface area contributed by atoms with Crippen LogP contribution in [-0.4, -0.2) is 21.3 Å². The molecule has 1 heterocycles. The van der Waals surface area contributed by atoms with Crippen LogP contribution in [0.5, 0.6) is 0 Å². The molecule has 1 atom stereocenters. The van der Waals surface area contributed by atoms with Crippen molar-refractivity contribution < 1.29 is 9.90 Å². The highest BCUT2D eigenvalue weighted by Crippen LogP contribution is 2.24. The number of nitrogens with zero attached hydrogens (tertiary/aromatic N) is 2. The molecule has 0 spiro atoms. The van der Waals surface area contributed by atoms with Gasteiger partial charge in [-0.1, -0.05) is 13.8 Å². The first-order valence-corrected chi connectivity index (χ1v) is 4.98. The summed E-state index contributed by atoms with van der Waals surface area (Å²) in [7, 11) is 0. The maximum Gasteiger partial charge on any atom is 0.313 e. The maximum absolute atomic E-state index is 10.9. The predicted octanol–water partition coefficient (Wildman–Crippen LogP) is 1.75. The Balaban J connectivity index is 2.75. The summed E-state index contributed by atoms with van der Waals surface area (Å²) in [5, 5.41) is 16.9. The number of aliphatic carboxylic acids is 1. The van der Waals surface area contributed by atoms with Crippen LogP contribution in [0, 0.1) is 5.92 Å². The standard InChI is InChI=1S/C8H12N2O2S/c1-5(2)3-6(8(11)12)7-10-9-4-13-7/h4-6H,3H2,1-2H3,(H,11,12). The molecule has 0 aliphatic carbocycles. The van der Waals surface area contributed by atoms with E-state index < -0.39 is 11.9 Å². The van der Waals surface area contributed by atoms with E-state index in [1.54, 1.807) is 5.51 Å². The molecule has 1 rings (SSSR count). The summed E-state index contributed by atoms with van der Waals surface area (Å²) < 4.78 is 0. The van der Waals surface area contributed by atoms with Gasteiger partial charge in [-0.3, -0.25) is 4.79 Å². The first kappa shape index (κ1) is 10.1. The summed E-state index contributed by atoms with van der Waals surface area (Å²) in [5.74, 6) is -0.956. The lowest BCUT2D eigenvalue weighted by Gasteiger charge is -2.10. The molecule has 0 bridgehead atoms. The Morgan fingerprint density at radius 1 is 1.69 bits per heavy atom. The number of rotatable bonds is 4. The Labute approximate surface area is 80.6 Å². The van der Waals surface area contributed by atoms with Gasteiger partial charge in [0.15, 0.2) is 0 Å². The summed E-state index contributed by atoms with van der Waals surface area (Å²) >= 11 is 1.30. The molecule has 0 amide bonds. The minimum absolute atomic E-state index is 0.352. The largest absolute Gasteiger partial charge is 0.481 e. The Morgan fingerprint density at radius 2 is 2.38 bits per heavy atom. The minimum atomic E-state index is -0.814. The summed E-state index contributed by atoms with van der Waals surface area (Å²) in [6.45, 7) is 3.99. The average Bonchev–Trinajstić information content (AvgIpc) is 2.50. The molecular formula is C8H12N2O2S. The zero-order valence-electron chi connectivity index (χ0n) is 7.60. The molecule has 0 aromatic carbocycles. The molecule has 0 saturated carbocycles. The van der Waals surface area contributed by atoms with Crippen LogP contribution in [0.4, 0.5) is 0 Å². The van der Waals surface area contributed by atoms with E-state index in [-0.39, 0.29) is 0 Å². The van der Waals surface area contributed by atoms with E-state index in [0.29, 0.717) is 17.3 Å². The van der Waals surface area contributed by atoms with Gasteiger partial charge in [-0.05, 0) is 12.3 Å². The highest BCUT2D eigenvalue weighted by atomic mass is 32.1. The van der Waals surface area contributed by atoms with Crippen LogP contribution in [0.2, 0.25) is 0 Å². The van der Waals surface area contributed by atoms with Crippen LogP contribution in [-0.2, 0) is 4.79 Å². The number of carboxylic acid groups (broad SMARTS) is 1. The van der Waals surface area contributed by atoms with Gasteiger partial charge < -0.3 is 5.11 Å². The van der Waals surface area contributed by atoms with E-state index in [1.807, 2.05) is 13.8 Å². The second-order valence-corrected chi connectivity index (χ2v) is 4.16. The van der Waals surface area contributed by atoms with Crippen molar-refractivity contribution in [3.8, 4) is 0 Å². The third kappa shape index (κ3) is 2.77. The Hall–Kier alpha value is -0.970. The summed E-state index contributed by atoms with van der Waals surface area (Å²) in [6, 6.07) is 0. The van der Waals surface area contributed by atoms with Gasteiger partial charge in [0.05, 0.1) is 0 Å². The lowest BCUT2D eigenvalue weighted by molar-refractivity contribution is -0.139. The SMILES string of the molecule is CC(C)CC(C(=O)O)c1nncs1. The molecule has 0 aliphatic rings. The van der Waals surface area contributed by atoms with Gasteiger partial charge in [0.1, 0.15) is 16.4 Å². The van der Waals surface area contributed by atoms with Gasteiger partial charge in [-0.15, -0.1) is 21.5 Å².